The second kappa shape index (κ2) is 8.60. The third-order valence-corrected chi connectivity index (χ3v) is 4.96. The Kier molecular flexibility index (Phi) is 6.21. The highest BCUT2D eigenvalue weighted by Crippen LogP contribution is 2.16. The van der Waals surface area contributed by atoms with Crippen LogP contribution in [0.3, 0.4) is 0 Å². The Morgan fingerprint density at radius 3 is 2.50 bits per heavy atom. The summed E-state index contributed by atoms with van der Waals surface area (Å²) in [5.74, 6) is 1.83. The zero-order valence-corrected chi connectivity index (χ0v) is 16.8. The minimum absolute atomic E-state index is 0.0203. The molecule has 26 heavy (non-hydrogen) atoms. The molecule has 1 aliphatic rings. The van der Waals surface area contributed by atoms with Crippen LogP contribution in [-0.2, 0) is 11.2 Å². The Balaban J connectivity index is 1.51. The molecule has 3 rings (SSSR count). The third kappa shape index (κ3) is 5.02. The lowest BCUT2D eigenvalue weighted by Gasteiger charge is -2.35. The van der Waals surface area contributed by atoms with Crippen LogP contribution >= 0.6 is 15.9 Å². The Hall–Kier alpha value is -1.99. The Morgan fingerprint density at radius 1 is 1.15 bits per heavy atom. The highest BCUT2D eigenvalue weighted by molar-refractivity contribution is 9.10. The van der Waals surface area contributed by atoms with Gasteiger partial charge in [-0.3, -0.25) is 9.69 Å². The topological polar surface area (TPSA) is 61.4 Å². The SMILES string of the molecule is CCc1cc(N2CCN(CC(=O)Nc3ccc(Br)cc3)CC2)nc(C)n1. The zero-order valence-electron chi connectivity index (χ0n) is 15.2. The average molecular weight is 418 g/mol. The summed E-state index contributed by atoms with van der Waals surface area (Å²) in [6.07, 6.45) is 0.909. The Bertz CT molecular complexity index is 757. The second-order valence-electron chi connectivity index (χ2n) is 6.44. The average Bonchev–Trinajstić information content (AvgIpc) is 2.63. The molecule has 0 atom stereocenters. The summed E-state index contributed by atoms with van der Waals surface area (Å²) in [4.78, 5) is 25.7. The maximum absolute atomic E-state index is 12.2. The molecule has 2 heterocycles. The number of benzene rings is 1. The van der Waals surface area contributed by atoms with Crippen LogP contribution in [0.2, 0.25) is 0 Å². The number of nitrogens with zero attached hydrogens (tertiary/aromatic N) is 4. The van der Waals surface area contributed by atoms with Gasteiger partial charge in [-0.2, -0.15) is 0 Å². The van der Waals surface area contributed by atoms with E-state index in [2.05, 4.69) is 54.0 Å². The van der Waals surface area contributed by atoms with E-state index < -0.39 is 0 Å². The molecular weight excluding hydrogens is 394 g/mol. The van der Waals surface area contributed by atoms with E-state index >= 15 is 0 Å². The minimum Gasteiger partial charge on any atom is -0.354 e. The molecule has 0 bridgehead atoms. The molecule has 0 spiro atoms. The van der Waals surface area contributed by atoms with Crippen LogP contribution in [0, 0.1) is 6.92 Å². The van der Waals surface area contributed by atoms with Crippen molar-refractivity contribution in [3.63, 3.8) is 0 Å². The molecule has 1 aliphatic heterocycles. The van der Waals surface area contributed by atoms with Gasteiger partial charge in [0.05, 0.1) is 6.54 Å². The van der Waals surface area contributed by atoms with Crippen LogP contribution in [0.25, 0.3) is 0 Å². The molecule has 1 saturated heterocycles. The lowest BCUT2D eigenvalue weighted by atomic mass is 10.2. The monoisotopic (exact) mass is 417 g/mol. The number of anilines is 2. The van der Waals surface area contributed by atoms with Crippen LogP contribution in [0.5, 0.6) is 0 Å². The smallest absolute Gasteiger partial charge is 0.238 e. The first kappa shape index (κ1) is 18.8. The molecule has 1 amide bonds. The molecule has 0 unspecified atom stereocenters. The van der Waals surface area contributed by atoms with Crippen molar-refractivity contribution in [2.24, 2.45) is 0 Å². The molecule has 1 N–H and O–H groups in total. The van der Waals surface area contributed by atoms with Crippen molar-refractivity contribution in [1.29, 1.82) is 0 Å². The number of aromatic nitrogens is 2. The van der Waals surface area contributed by atoms with E-state index in [4.69, 9.17) is 0 Å². The number of nitrogens with one attached hydrogen (secondary N) is 1. The van der Waals surface area contributed by atoms with Crippen LogP contribution in [-0.4, -0.2) is 53.5 Å². The van der Waals surface area contributed by atoms with Gasteiger partial charge < -0.3 is 10.2 Å². The van der Waals surface area contributed by atoms with Crippen molar-refractivity contribution in [3.05, 3.63) is 46.3 Å². The molecule has 0 radical (unpaired) electrons. The summed E-state index contributed by atoms with van der Waals surface area (Å²) >= 11 is 3.39. The second-order valence-corrected chi connectivity index (χ2v) is 7.35. The molecule has 1 aromatic carbocycles. The summed E-state index contributed by atoms with van der Waals surface area (Å²) in [6.45, 7) is 7.87. The summed E-state index contributed by atoms with van der Waals surface area (Å²) in [7, 11) is 0. The van der Waals surface area contributed by atoms with E-state index in [1.165, 1.54) is 0 Å². The summed E-state index contributed by atoms with van der Waals surface area (Å²) in [5.41, 5.74) is 1.89. The van der Waals surface area contributed by atoms with Crippen LogP contribution in [0.4, 0.5) is 11.5 Å². The van der Waals surface area contributed by atoms with Crippen molar-refractivity contribution < 1.29 is 4.79 Å². The predicted molar refractivity (Wildman–Crippen MR) is 108 cm³/mol. The number of hydrogen-bond acceptors (Lipinski definition) is 5. The van der Waals surface area contributed by atoms with E-state index in [0.29, 0.717) is 6.54 Å². The van der Waals surface area contributed by atoms with Gasteiger partial charge >= 0.3 is 0 Å². The van der Waals surface area contributed by atoms with Gasteiger partial charge in [-0.1, -0.05) is 22.9 Å². The summed E-state index contributed by atoms with van der Waals surface area (Å²) < 4.78 is 0.998. The van der Waals surface area contributed by atoms with Gasteiger partial charge in [-0.05, 0) is 37.6 Å². The number of piperazine rings is 1. The number of carbonyl (C=O) groups excluding carboxylic acids is 1. The first-order chi connectivity index (χ1) is 12.5. The first-order valence-electron chi connectivity index (χ1n) is 8.91. The van der Waals surface area contributed by atoms with Crippen molar-refractivity contribution in [3.8, 4) is 0 Å². The van der Waals surface area contributed by atoms with Crippen molar-refractivity contribution in [2.45, 2.75) is 20.3 Å². The number of rotatable bonds is 5. The number of carbonyl (C=O) groups is 1. The molecular formula is C19H24BrN5O. The van der Waals surface area contributed by atoms with E-state index in [9.17, 15) is 4.79 Å². The van der Waals surface area contributed by atoms with Gasteiger partial charge in [0.25, 0.3) is 0 Å². The fourth-order valence-electron chi connectivity index (χ4n) is 3.03. The Morgan fingerprint density at radius 2 is 1.85 bits per heavy atom. The molecule has 6 nitrogen and oxygen atoms in total. The highest BCUT2D eigenvalue weighted by atomic mass is 79.9. The Labute approximate surface area is 162 Å². The summed E-state index contributed by atoms with van der Waals surface area (Å²) in [5, 5.41) is 2.95. The van der Waals surface area contributed by atoms with E-state index in [0.717, 1.165) is 60.1 Å². The predicted octanol–water partition coefficient (Wildman–Crippen LogP) is 2.87. The normalized spacial score (nSPS) is 15.1. The van der Waals surface area contributed by atoms with Crippen LogP contribution in [0.1, 0.15) is 18.4 Å². The van der Waals surface area contributed by atoms with Crippen LogP contribution in [0.15, 0.2) is 34.8 Å². The largest absolute Gasteiger partial charge is 0.354 e. The molecule has 0 saturated carbocycles. The molecule has 7 heteroatoms. The number of halogens is 1. The fourth-order valence-corrected chi connectivity index (χ4v) is 3.29. The van der Waals surface area contributed by atoms with Gasteiger partial charge in [0.2, 0.25) is 5.91 Å². The lowest BCUT2D eigenvalue weighted by Crippen LogP contribution is -2.49. The number of hydrogen-bond donors (Lipinski definition) is 1. The summed E-state index contributed by atoms with van der Waals surface area (Å²) in [6, 6.07) is 9.69. The maximum Gasteiger partial charge on any atom is 0.238 e. The van der Waals surface area contributed by atoms with Gasteiger partial charge in [0.15, 0.2) is 0 Å². The third-order valence-electron chi connectivity index (χ3n) is 4.43. The highest BCUT2D eigenvalue weighted by Gasteiger charge is 2.20. The standard InChI is InChI=1S/C19H24BrN5O/c1-3-16-12-18(22-14(2)21-16)25-10-8-24(9-11-25)13-19(26)23-17-6-4-15(20)5-7-17/h4-7,12H,3,8-11,13H2,1-2H3,(H,23,26). The van der Waals surface area contributed by atoms with E-state index in [1.807, 2.05) is 31.2 Å². The molecule has 1 aromatic heterocycles. The van der Waals surface area contributed by atoms with E-state index in [-0.39, 0.29) is 5.91 Å². The van der Waals surface area contributed by atoms with Gasteiger partial charge in [-0.25, -0.2) is 9.97 Å². The van der Waals surface area contributed by atoms with E-state index in [1.54, 1.807) is 0 Å². The van der Waals surface area contributed by atoms with Crippen LogP contribution < -0.4 is 10.2 Å². The van der Waals surface area contributed by atoms with Gasteiger partial charge in [0.1, 0.15) is 11.6 Å². The molecule has 138 valence electrons. The molecule has 0 aliphatic carbocycles. The van der Waals surface area contributed by atoms with Crippen molar-refractivity contribution in [1.82, 2.24) is 14.9 Å². The molecule has 2 aromatic rings. The fraction of sp³-hybridized carbons (Fsp3) is 0.421. The van der Waals surface area contributed by atoms with Crippen molar-refractivity contribution >= 4 is 33.3 Å². The minimum atomic E-state index is 0.0203. The zero-order chi connectivity index (χ0) is 18.5. The maximum atomic E-state index is 12.2. The quantitative estimate of drug-likeness (QED) is 0.809. The molecule has 1 fully saturated rings. The number of aryl methyl sites for hydroxylation is 2. The lowest BCUT2D eigenvalue weighted by molar-refractivity contribution is -0.117. The van der Waals surface area contributed by atoms with Crippen molar-refractivity contribution in [2.75, 3.05) is 42.9 Å². The van der Waals surface area contributed by atoms with Gasteiger partial charge in [0, 0.05) is 48.1 Å². The van der Waals surface area contributed by atoms with Gasteiger partial charge in [-0.15, -0.1) is 0 Å². The number of amides is 1. The first-order valence-corrected chi connectivity index (χ1v) is 9.70.